The fourth-order valence-corrected chi connectivity index (χ4v) is 3.54. The Morgan fingerprint density at radius 2 is 2.08 bits per heavy atom. The van der Waals surface area contributed by atoms with Gasteiger partial charge in [-0.3, -0.25) is 9.59 Å². The monoisotopic (exact) mass is 338 g/mol. The summed E-state index contributed by atoms with van der Waals surface area (Å²) in [6.07, 6.45) is 2.70. The molecule has 1 fully saturated rings. The number of amides is 2. The predicted octanol–water partition coefficient (Wildman–Crippen LogP) is 2.58. The zero-order chi connectivity index (χ0) is 16.5. The summed E-state index contributed by atoms with van der Waals surface area (Å²) in [6, 6.07) is 10.9. The maximum Gasteiger partial charge on any atom is 0.246 e. The van der Waals surface area contributed by atoms with Crippen LogP contribution in [0.1, 0.15) is 12.8 Å². The van der Waals surface area contributed by atoms with Gasteiger partial charge in [-0.05, 0) is 42.8 Å². The first kappa shape index (κ1) is 14.8. The van der Waals surface area contributed by atoms with Crippen LogP contribution in [0, 0.1) is 0 Å². The van der Waals surface area contributed by atoms with Gasteiger partial charge < -0.3 is 10.6 Å². The second-order valence-corrected chi connectivity index (χ2v) is 6.55. The van der Waals surface area contributed by atoms with Crippen LogP contribution in [0.5, 0.6) is 0 Å². The van der Waals surface area contributed by atoms with E-state index in [1.807, 2.05) is 36.4 Å². The van der Waals surface area contributed by atoms with Gasteiger partial charge in [-0.1, -0.05) is 11.3 Å². The van der Waals surface area contributed by atoms with E-state index in [0.717, 1.165) is 20.9 Å². The Bertz CT molecular complexity index is 887. The molecule has 3 aromatic rings. The van der Waals surface area contributed by atoms with Crippen molar-refractivity contribution in [2.45, 2.75) is 18.9 Å². The zero-order valence-corrected chi connectivity index (χ0v) is 13.5. The quantitative estimate of drug-likeness (QED) is 0.769. The molecular formula is C17H14N4O2S. The molecule has 4 rings (SSSR count). The molecule has 6 nitrogen and oxygen atoms in total. The van der Waals surface area contributed by atoms with Gasteiger partial charge in [0, 0.05) is 23.9 Å². The minimum absolute atomic E-state index is 0.0741. The van der Waals surface area contributed by atoms with E-state index in [9.17, 15) is 9.59 Å². The van der Waals surface area contributed by atoms with Crippen LogP contribution in [0.15, 0.2) is 42.6 Å². The molecule has 1 aromatic carbocycles. The molecular weight excluding hydrogens is 324 g/mol. The molecule has 0 radical (unpaired) electrons. The van der Waals surface area contributed by atoms with Crippen LogP contribution in [0.2, 0.25) is 0 Å². The smallest absolute Gasteiger partial charge is 0.246 e. The van der Waals surface area contributed by atoms with Crippen LogP contribution in [-0.2, 0) is 9.59 Å². The number of nitrogens with one attached hydrogen (secondary N) is 2. The van der Waals surface area contributed by atoms with Crippen LogP contribution in [-0.4, -0.2) is 27.8 Å². The van der Waals surface area contributed by atoms with Crippen molar-refractivity contribution in [1.29, 1.82) is 0 Å². The molecule has 0 bridgehead atoms. The fraction of sp³-hybridized carbons (Fsp3) is 0.176. The number of hydrogen-bond donors (Lipinski definition) is 2. The van der Waals surface area contributed by atoms with Gasteiger partial charge in [0.2, 0.25) is 11.8 Å². The standard InChI is InChI=1S/C17H14N4O2S/c22-14-8-7-12(20-14)15(23)19-11-5-3-10(4-6-11)16-21-13-2-1-9-18-17(13)24-16/h1-6,9,12H,7-8H2,(H,19,23)(H,20,22). The molecule has 0 saturated carbocycles. The van der Waals surface area contributed by atoms with Crippen molar-refractivity contribution in [3.05, 3.63) is 42.6 Å². The number of nitrogens with zero attached hydrogens (tertiary/aromatic N) is 2. The van der Waals surface area contributed by atoms with Crippen molar-refractivity contribution in [2.75, 3.05) is 5.32 Å². The molecule has 0 spiro atoms. The summed E-state index contributed by atoms with van der Waals surface area (Å²) in [5, 5.41) is 6.38. The minimum atomic E-state index is -0.437. The molecule has 3 heterocycles. The lowest BCUT2D eigenvalue weighted by atomic mass is 10.2. The van der Waals surface area contributed by atoms with E-state index < -0.39 is 6.04 Å². The Labute approximate surface area is 141 Å². The van der Waals surface area contributed by atoms with Crippen molar-refractivity contribution < 1.29 is 9.59 Å². The van der Waals surface area contributed by atoms with E-state index in [1.54, 1.807) is 6.20 Å². The number of benzene rings is 1. The fourth-order valence-electron chi connectivity index (χ4n) is 2.63. The second kappa shape index (κ2) is 6.01. The Hall–Kier alpha value is -2.80. The van der Waals surface area contributed by atoms with Gasteiger partial charge in [-0.15, -0.1) is 0 Å². The molecule has 24 heavy (non-hydrogen) atoms. The van der Waals surface area contributed by atoms with Gasteiger partial charge in [0.15, 0.2) is 0 Å². The molecule has 2 N–H and O–H groups in total. The van der Waals surface area contributed by atoms with E-state index >= 15 is 0 Å². The van der Waals surface area contributed by atoms with Crippen LogP contribution in [0.3, 0.4) is 0 Å². The highest BCUT2D eigenvalue weighted by Crippen LogP contribution is 2.29. The zero-order valence-electron chi connectivity index (χ0n) is 12.7. The molecule has 2 amide bonds. The maximum absolute atomic E-state index is 12.1. The number of fused-ring (bicyclic) bond motifs is 1. The second-order valence-electron chi connectivity index (χ2n) is 5.57. The van der Waals surface area contributed by atoms with E-state index in [-0.39, 0.29) is 11.8 Å². The Balaban J connectivity index is 1.50. The largest absolute Gasteiger partial charge is 0.344 e. The first-order valence-electron chi connectivity index (χ1n) is 7.61. The van der Waals surface area contributed by atoms with Crippen molar-refractivity contribution >= 4 is 39.2 Å². The van der Waals surface area contributed by atoms with Crippen molar-refractivity contribution in [1.82, 2.24) is 15.3 Å². The van der Waals surface area contributed by atoms with Crippen molar-refractivity contribution in [3.63, 3.8) is 0 Å². The third-order valence-corrected chi connectivity index (χ3v) is 4.91. The van der Waals surface area contributed by atoms with E-state index in [0.29, 0.717) is 18.5 Å². The molecule has 1 aliphatic heterocycles. The predicted molar refractivity (Wildman–Crippen MR) is 92.6 cm³/mol. The maximum atomic E-state index is 12.1. The molecule has 7 heteroatoms. The van der Waals surface area contributed by atoms with Crippen LogP contribution >= 0.6 is 11.3 Å². The number of aromatic nitrogens is 2. The highest BCUT2D eigenvalue weighted by Gasteiger charge is 2.27. The highest BCUT2D eigenvalue weighted by atomic mass is 32.1. The van der Waals surface area contributed by atoms with E-state index in [4.69, 9.17) is 0 Å². The molecule has 1 unspecified atom stereocenters. The number of pyridine rings is 1. The van der Waals surface area contributed by atoms with Crippen LogP contribution in [0.4, 0.5) is 5.69 Å². The SMILES string of the molecule is O=C1CCC(C(=O)Nc2ccc(-c3nc4cccnc4s3)cc2)N1. The van der Waals surface area contributed by atoms with Gasteiger partial charge in [0.1, 0.15) is 21.4 Å². The summed E-state index contributed by atoms with van der Waals surface area (Å²) in [5.41, 5.74) is 2.56. The van der Waals surface area contributed by atoms with E-state index in [2.05, 4.69) is 20.6 Å². The Morgan fingerprint density at radius 3 is 2.79 bits per heavy atom. The summed E-state index contributed by atoms with van der Waals surface area (Å²) in [4.78, 5) is 33.0. The number of hydrogen-bond acceptors (Lipinski definition) is 5. The first-order chi connectivity index (χ1) is 11.7. The molecule has 0 aliphatic carbocycles. The number of rotatable bonds is 3. The summed E-state index contributed by atoms with van der Waals surface area (Å²) in [7, 11) is 0. The molecule has 2 aromatic heterocycles. The topological polar surface area (TPSA) is 84.0 Å². The lowest BCUT2D eigenvalue weighted by Gasteiger charge is -2.11. The normalized spacial score (nSPS) is 17.0. The van der Waals surface area contributed by atoms with Gasteiger partial charge in [0.25, 0.3) is 0 Å². The van der Waals surface area contributed by atoms with Gasteiger partial charge in [0.05, 0.1) is 0 Å². The third kappa shape index (κ3) is 2.85. The van der Waals surface area contributed by atoms with Crippen molar-refractivity contribution in [3.8, 4) is 10.6 Å². The van der Waals surface area contributed by atoms with Gasteiger partial charge in [-0.25, -0.2) is 9.97 Å². The number of carbonyl (C=O) groups excluding carboxylic acids is 2. The molecule has 1 saturated heterocycles. The Kier molecular flexibility index (Phi) is 3.70. The van der Waals surface area contributed by atoms with Crippen LogP contribution < -0.4 is 10.6 Å². The lowest BCUT2D eigenvalue weighted by molar-refractivity contribution is -0.122. The number of thiazole rings is 1. The summed E-state index contributed by atoms with van der Waals surface area (Å²) in [6.45, 7) is 0. The highest BCUT2D eigenvalue weighted by molar-refractivity contribution is 7.21. The minimum Gasteiger partial charge on any atom is -0.344 e. The van der Waals surface area contributed by atoms with Gasteiger partial charge >= 0.3 is 0 Å². The molecule has 120 valence electrons. The lowest BCUT2D eigenvalue weighted by Crippen LogP contribution is -2.37. The summed E-state index contributed by atoms with van der Waals surface area (Å²) in [5.74, 6) is -0.257. The van der Waals surface area contributed by atoms with E-state index in [1.165, 1.54) is 11.3 Å². The Morgan fingerprint density at radius 1 is 1.25 bits per heavy atom. The molecule has 1 atom stereocenters. The summed E-state index contributed by atoms with van der Waals surface area (Å²) >= 11 is 1.53. The average molecular weight is 338 g/mol. The summed E-state index contributed by atoms with van der Waals surface area (Å²) < 4.78 is 0. The number of anilines is 1. The first-order valence-corrected chi connectivity index (χ1v) is 8.43. The van der Waals surface area contributed by atoms with Crippen LogP contribution in [0.25, 0.3) is 20.9 Å². The third-order valence-electron chi connectivity index (χ3n) is 3.88. The van der Waals surface area contributed by atoms with Gasteiger partial charge in [-0.2, -0.15) is 0 Å². The van der Waals surface area contributed by atoms with Crippen molar-refractivity contribution in [2.24, 2.45) is 0 Å². The molecule has 1 aliphatic rings. The average Bonchev–Trinajstić information content (AvgIpc) is 3.21. The number of carbonyl (C=O) groups is 2.